The number of nitrogens with two attached hydrogens (primary N) is 1. The molecule has 0 spiro atoms. The van der Waals surface area contributed by atoms with Gasteiger partial charge in [0.2, 0.25) is 11.2 Å². The molecule has 0 aliphatic rings. The first-order valence-corrected chi connectivity index (χ1v) is 5.72. The second-order valence-electron chi connectivity index (χ2n) is 4.68. The van der Waals surface area contributed by atoms with E-state index in [1.54, 1.807) is 0 Å². The molecule has 3 N–H and O–H groups in total. The van der Waals surface area contributed by atoms with Crippen molar-refractivity contribution in [1.29, 1.82) is 0 Å². The van der Waals surface area contributed by atoms with Crippen molar-refractivity contribution in [2.24, 2.45) is 11.1 Å². The van der Waals surface area contributed by atoms with Crippen molar-refractivity contribution >= 4 is 34.9 Å². The van der Waals surface area contributed by atoms with E-state index >= 15 is 0 Å². The van der Waals surface area contributed by atoms with Gasteiger partial charge < -0.3 is 11.1 Å². The van der Waals surface area contributed by atoms with Crippen LogP contribution in [0.3, 0.4) is 0 Å². The largest absolute Gasteiger partial charge is 0.319 e. The fraction of sp³-hybridized carbons (Fsp3) is 0.500. The molecule has 94 valence electrons. The fourth-order valence-electron chi connectivity index (χ4n) is 1.05. The minimum absolute atomic E-state index is 0.0304. The van der Waals surface area contributed by atoms with Crippen LogP contribution >= 0.6 is 23.2 Å². The highest BCUT2D eigenvalue weighted by atomic mass is 35.5. The lowest BCUT2D eigenvalue weighted by Crippen LogP contribution is -2.45. The van der Waals surface area contributed by atoms with Crippen LogP contribution in [0.4, 0.5) is 5.82 Å². The van der Waals surface area contributed by atoms with Gasteiger partial charge in [0.15, 0.2) is 0 Å². The highest BCUT2D eigenvalue weighted by Crippen LogP contribution is 2.19. The molecule has 1 rings (SSSR count). The molecule has 0 saturated carbocycles. The number of carbonyl (C=O) groups is 1. The smallest absolute Gasteiger partial charge is 0.242 e. The average molecular weight is 277 g/mol. The van der Waals surface area contributed by atoms with Gasteiger partial charge in [-0.1, -0.05) is 32.4 Å². The Bertz CT molecular complexity index is 411. The molecule has 0 saturated heterocycles. The van der Waals surface area contributed by atoms with E-state index in [2.05, 4.69) is 15.3 Å². The molecule has 17 heavy (non-hydrogen) atoms. The predicted molar refractivity (Wildman–Crippen MR) is 68.1 cm³/mol. The Hall–Kier alpha value is -0.910. The van der Waals surface area contributed by atoms with Crippen molar-refractivity contribution in [1.82, 2.24) is 9.97 Å². The van der Waals surface area contributed by atoms with Crippen LogP contribution in [0.5, 0.6) is 0 Å². The molecule has 0 aromatic carbocycles. The third kappa shape index (κ3) is 4.11. The maximum Gasteiger partial charge on any atom is 0.242 e. The molecular formula is C10H14Cl2N4O. The Morgan fingerprint density at radius 2 is 2.00 bits per heavy atom. The van der Waals surface area contributed by atoms with E-state index in [1.807, 2.05) is 20.8 Å². The van der Waals surface area contributed by atoms with Crippen LogP contribution in [0.1, 0.15) is 20.8 Å². The van der Waals surface area contributed by atoms with Gasteiger partial charge in [0.25, 0.3) is 0 Å². The van der Waals surface area contributed by atoms with Crippen molar-refractivity contribution in [3.8, 4) is 0 Å². The van der Waals surface area contributed by atoms with E-state index in [-0.39, 0.29) is 27.6 Å². The lowest BCUT2D eigenvalue weighted by Gasteiger charge is -2.25. The molecular weight excluding hydrogens is 263 g/mol. The summed E-state index contributed by atoms with van der Waals surface area (Å²) in [7, 11) is 0. The topological polar surface area (TPSA) is 80.9 Å². The first-order valence-electron chi connectivity index (χ1n) is 4.96. The maximum absolute atomic E-state index is 11.8. The normalized spacial score (nSPS) is 13.3. The van der Waals surface area contributed by atoms with Crippen molar-refractivity contribution in [3.05, 3.63) is 16.5 Å². The number of hydrogen-bond donors (Lipinski definition) is 2. The van der Waals surface area contributed by atoms with Crippen LogP contribution in [-0.2, 0) is 4.79 Å². The van der Waals surface area contributed by atoms with Gasteiger partial charge >= 0.3 is 0 Å². The van der Waals surface area contributed by atoms with Crippen LogP contribution in [0, 0.1) is 5.41 Å². The highest BCUT2D eigenvalue weighted by Gasteiger charge is 2.27. The van der Waals surface area contributed by atoms with Crippen LogP contribution < -0.4 is 11.1 Å². The van der Waals surface area contributed by atoms with Gasteiger partial charge in [-0.05, 0) is 17.0 Å². The van der Waals surface area contributed by atoms with E-state index in [1.165, 1.54) is 6.07 Å². The summed E-state index contributed by atoms with van der Waals surface area (Å²) in [5.41, 5.74) is 5.45. The van der Waals surface area contributed by atoms with Crippen LogP contribution in [-0.4, -0.2) is 21.9 Å². The van der Waals surface area contributed by atoms with E-state index in [9.17, 15) is 4.79 Å². The third-order valence-electron chi connectivity index (χ3n) is 2.13. The summed E-state index contributed by atoms with van der Waals surface area (Å²) in [5, 5.41) is 2.67. The molecule has 1 atom stereocenters. The lowest BCUT2D eigenvalue weighted by atomic mass is 9.87. The van der Waals surface area contributed by atoms with Gasteiger partial charge in [-0.3, -0.25) is 4.79 Å². The summed E-state index contributed by atoms with van der Waals surface area (Å²) in [5.74, 6) is -0.108. The molecule has 0 radical (unpaired) electrons. The predicted octanol–water partition coefficient (Wildman–Crippen LogP) is 2.10. The summed E-state index contributed by atoms with van der Waals surface area (Å²) in [4.78, 5) is 19.3. The van der Waals surface area contributed by atoms with Gasteiger partial charge in [0.05, 0.1) is 6.04 Å². The molecule has 7 heteroatoms. The SMILES string of the molecule is CC(C)(C)[C@@H](N)C(=O)Nc1cc(Cl)nc(Cl)n1. The lowest BCUT2D eigenvalue weighted by molar-refractivity contribution is -0.119. The molecule has 0 aliphatic carbocycles. The van der Waals surface area contributed by atoms with E-state index < -0.39 is 6.04 Å². The Balaban J connectivity index is 2.81. The number of nitrogens with one attached hydrogen (secondary N) is 1. The zero-order valence-corrected chi connectivity index (χ0v) is 11.3. The molecule has 0 unspecified atom stereocenters. The van der Waals surface area contributed by atoms with Crippen LogP contribution in [0.2, 0.25) is 10.4 Å². The zero-order valence-electron chi connectivity index (χ0n) is 9.79. The van der Waals surface area contributed by atoms with Gasteiger partial charge in [-0.15, -0.1) is 0 Å². The number of aromatic nitrogens is 2. The second-order valence-corrected chi connectivity index (χ2v) is 5.40. The minimum Gasteiger partial charge on any atom is -0.319 e. The number of carbonyl (C=O) groups excluding carboxylic acids is 1. The molecule has 1 heterocycles. The van der Waals surface area contributed by atoms with Crippen molar-refractivity contribution in [2.45, 2.75) is 26.8 Å². The van der Waals surface area contributed by atoms with E-state index in [0.717, 1.165) is 0 Å². The quantitative estimate of drug-likeness (QED) is 0.640. The molecule has 1 aromatic rings. The zero-order chi connectivity index (χ0) is 13.2. The monoisotopic (exact) mass is 276 g/mol. The van der Waals surface area contributed by atoms with E-state index in [4.69, 9.17) is 28.9 Å². The average Bonchev–Trinajstić information content (AvgIpc) is 2.13. The Kier molecular flexibility index (Phi) is 4.30. The molecule has 5 nitrogen and oxygen atoms in total. The summed E-state index contributed by atoms with van der Waals surface area (Å²) in [6.45, 7) is 5.62. The first kappa shape index (κ1) is 14.2. The molecule has 0 bridgehead atoms. The summed E-state index contributed by atoms with van der Waals surface area (Å²) in [6, 6.07) is 0.746. The van der Waals surface area contributed by atoms with Gasteiger partial charge in [-0.2, -0.15) is 0 Å². The highest BCUT2D eigenvalue weighted by molar-refractivity contribution is 6.32. The number of amides is 1. The number of hydrogen-bond acceptors (Lipinski definition) is 4. The van der Waals surface area contributed by atoms with Crippen molar-refractivity contribution in [2.75, 3.05) is 5.32 Å². The van der Waals surface area contributed by atoms with Crippen LogP contribution in [0.15, 0.2) is 6.07 Å². The van der Waals surface area contributed by atoms with Gasteiger partial charge in [-0.25, -0.2) is 9.97 Å². The molecule has 1 amide bonds. The maximum atomic E-state index is 11.8. The molecule has 0 aliphatic heterocycles. The summed E-state index contributed by atoms with van der Waals surface area (Å²) in [6.07, 6.45) is 0. The Morgan fingerprint density at radius 3 is 2.47 bits per heavy atom. The number of anilines is 1. The minimum atomic E-state index is -0.657. The second kappa shape index (κ2) is 5.16. The summed E-state index contributed by atoms with van der Waals surface area (Å²) >= 11 is 11.3. The number of rotatable bonds is 2. The summed E-state index contributed by atoms with van der Waals surface area (Å²) < 4.78 is 0. The fourth-order valence-corrected chi connectivity index (χ4v) is 1.46. The first-order chi connectivity index (χ1) is 7.70. The van der Waals surface area contributed by atoms with E-state index in [0.29, 0.717) is 0 Å². The number of nitrogens with zero attached hydrogens (tertiary/aromatic N) is 2. The molecule has 0 fully saturated rings. The third-order valence-corrected chi connectivity index (χ3v) is 2.50. The van der Waals surface area contributed by atoms with Gasteiger partial charge in [0.1, 0.15) is 11.0 Å². The Morgan fingerprint density at radius 1 is 1.41 bits per heavy atom. The Labute approximate surface area is 110 Å². The number of halogens is 2. The van der Waals surface area contributed by atoms with Crippen LogP contribution in [0.25, 0.3) is 0 Å². The molecule has 1 aromatic heterocycles. The van der Waals surface area contributed by atoms with Crippen molar-refractivity contribution in [3.63, 3.8) is 0 Å². The van der Waals surface area contributed by atoms with Gasteiger partial charge in [0, 0.05) is 6.07 Å². The standard InChI is InChI=1S/C10H14Cl2N4O/c1-10(2,3)7(13)8(17)15-6-4-5(11)14-9(12)16-6/h4,7H,13H2,1-3H3,(H,14,15,16,17)/t7-/m0/s1. The van der Waals surface area contributed by atoms with Crippen molar-refractivity contribution < 1.29 is 4.79 Å².